The number of benzene rings is 1. The molecule has 0 aliphatic carbocycles. The second-order valence-electron chi connectivity index (χ2n) is 3.15. The van der Waals surface area contributed by atoms with Crippen LogP contribution >= 0.6 is 15.9 Å². The van der Waals surface area contributed by atoms with E-state index < -0.39 is 5.82 Å². The number of rotatable bonds is 4. The lowest BCUT2D eigenvalue weighted by Gasteiger charge is -2.04. The van der Waals surface area contributed by atoms with Crippen molar-refractivity contribution in [2.75, 3.05) is 6.54 Å². The van der Waals surface area contributed by atoms with E-state index in [0.717, 1.165) is 24.8 Å². The summed E-state index contributed by atoms with van der Waals surface area (Å²) < 4.78 is 13.4. The number of hydrogen-bond donors (Lipinski definition) is 2. The van der Waals surface area contributed by atoms with Crippen LogP contribution < -0.4 is 5.73 Å². The highest BCUT2D eigenvalue weighted by Crippen LogP contribution is 2.28. The molecule has 78 valence electrons. The Morgan fingerprint density at radius 1 is 1.36 bits per heavy atom. The van der Waals surface area contributed by atoms with E-state index in [1.54, 1.807) is 6.07 Å². The van der Waals surface area contributed by atoms with E-state index >= 15 is 0 Å². The van der Waals surface area contributed by atoms with Crippen LogP contribution in [0.4, 0.5) is 4.39 Å². The average Bonchev–Trinajstić information content (AvgIpc) is 2.14. The minimum atomic E-state index is -0.581. The van der Waals surface area contributed by atoms with Gasteiger partial charge in [-0.15, -0.1) is 0 Å². The number of aryl methyl sites for hydroxylation is 1. The van der Waals surface area contributed by atoms with Crippen LogP contribution in [0.1, 0.15) is 18.4 Å². The van der Waals surface area contributed by atoms with Gasteiger partial charge in [0.05, 0.1) is 4.47 Å². The smallest absolute Gasteiger partial charge is 0.166 e. The summed E-state index contributed by atoms with van der Waals surface area (Å²) in [5.41, 5.74) is 6.23. The van der Waals surface area contributed by atoms with E-state index in [-0.39, 0.29) is 5.75 Å². The molecule has 0 bridgehead atoms. The first-order chi connectivity index (χ1) is 6.65. The molecule has 0 aromatic heterocycles. The van der Waals surface area contributed by atoms with Crippen LogP contribution in [-0.4, -0.2) is 11.7 Å². The van der Waals surface area contributed by atoms with E-state index in [4.69, 9.17) is 10.8 Å². The molecule has 0 saturated carbocycles. The van der Waals surface area contributed by atoms with Crippen LogP contribution in [0.2, 0.25) is 0 Å². The minimum Gasteiger partial charge on any atom is -0.504 e. The highest BCUT2D eigenvalue weighted by atomic mass is 79.9. The van der Waals surface area contributed by atoms with Gasteiger partial charge in [-0.1, -0.05) is 0 Å². The molecule has 1 rings (SSSR count). The summed E-state index contributed by atoms with van der Waals surface area (Å²) in [5.74, 6) is -0.908. The number of hydrogen-bond acceptors (Lipinski definition) is 2. The maximum absolute atomic E-state index is 13.0. The largest absolute Gasteiger partial charge is 0.504 e. The molecule has 3 N–H and O–H groups in total. The second-order valence-corrected chi connectivity index (χ2v) is 4.01. The fraction of sp³-hybridized carbons (Fsp3) is 0.400. The van der Waals surface area contributed by atoms with Crippen LogP contribution in [0.3, 0.4) is 0 Å². The summed E-state index contributed by atoms with van der Waals surface area (Å²) in [4.78, 5) is 0. The molecule has 14 heavy (non-hydrogen) atoms. The van der Waals surface area contributed by atoms with E-state index in [2.05, 4.69) is 15.9 Å². The van der Waals surface area contributed by atoms with Crippen molar-refractivity contribution >= 4 is 15.9 Å². The normalized spacial score (nSPS) is 10.5. The van der Waals surface area contributed by atoms with Crippen molar-refractivity contribution in [1.82, 2.24) is 0 Å². The highest BCUT2D eigenvalue weighted by molar-refractivity contribution is 9.10. The molecule has 0 atom stereocenters. The Morgan fingerprint density at radius 3 is 2.64 bits per heavy atom. The Bertz CT molecular complexity index is 294. The first-order valence-corrected chi connectivity index (χ1v) is 5.31. The second kappa shape index (κ2) is 5.32. The molecule has 0 aliphatic rings. The Labute approximate surface area is 91.1 Å². The van der Waals surface area contributed by atoms with Gasteiger partial charge in [0.1, 0.15) is 0 Å². The molecule has 1 aromatic carbocycles. The maximum atomic E-state index is 13.0. The lowest BCUT2D eigenvalue weighted by atomic mass is 10.1. The molecule has 0 spiro atoms. The van der Waals surface area contributed by atoms with Crippen LogP contribution in [0.5, 0.6) is 5.75 Å². The third kappa shape index (κ3) is 2.96. The van der Waals surface area contributed by atoms with Crippen LogP contribution in [0, 0.1) is 5.82 Å². The highest BCUT2D eigenvalue weighted by Gasteiger charge is 2.06. The van der Waals surface area contributed by atoms with Crippen molar-refractivity contribution in [3.8, 4) is 5.75 Å². The summed E-state index contributed by atoms with van der Waals surface area (Å²) in [6.07, 6.45) is 2.65. The number of nitrogens with two attached hydrogens (primary N) is 1. The quantitative estimate of drug-likeness (QED) is 0.819. The number of aromatic hydroxyl groups is 1. The molecule has 0 aliphatic heterocycles. The standard InChI is InChI=1S/C10H13BrFNO/c11-8-5-7(3-1-2-4-13)6-9(12)10(8)14/h5-6,14H,1-4,13H2. The molecule has 0 radical (unpaired) electrons. The monoisotopic (exact) mass is 261 g/mol. The first-order valence-electron chi connectivity index (χ1n) is 4.52. The molecule has 2 nitrogen and oxygen atoms in total. The molecule has 1 aromatic rings. The van der Waals surface area contributed by atoms with Crippen molar-refractivity contribution in [3.05, 3.63) is 28.0 Å². The van der Waals surface area contributed by atoms with Gasteiger partial charge in [-0.25, -0.2) is 4.39 Å². The number of phenolic OH excluding ortho intramolecular Hbond substituents is 1. The number of unbranched alkanes of at least 4 members (excludes halogenated alkanes) is 1. The molecule has 0 saturated heterocycles. The average molecular weight is 262 g/mol. The van der Waals surface area contributed by atoms with Gasteiger partial charge in [-0.2, -0.15) is 0 Å². The predicted molar refractivity (Wildman–Crippen MR) is 57.8 cm³/mol. The van der Waals surface area contributed by atoms with Gasteiger partial charge >= 0.3 is 0 Å². The molecular formula is C10H13BrFNO. The fourth-order valence-corrected chi connectivity index (χ4v) is 1.72. The van der Waals surface area contributed by atoms with Gasteiger partial charge < -0.3 is 10.8 Å². The zero-order chi connectivity index (χ0) is 10.6. The van der Waals surface area contributed by atoms with Gasteiger partial charge in [0, 0.05) is 0 Å². The van der Waals surface area contributed by atoms with Crippen molar-refractivity contribution in [2.24, 2.45) is 5.73 Å². The van der Waals surface area contributed by atoms with Crippen LogP contribution in [0.25, 0.3) is 0 Å². The Morgan fingerprint density at radius 2 is 2.07 bits per heavy atom. The summed E-state index contributed by atoms with van der Waals surface area (Å²) >= 11 is 3.09. The van der Waals surface area contributed by atoms with Crippen LogP contribution in [-0.2, 0) is 6.42 Å². The van der Waals surface area contributed by atoms with E-state index in [9.17, 15) is 4.39 Å². The number of phenols is 1. The van der Waals surface area contributed by atoms with E-state index in [1.807, 2.05) is 0 Å². The van der Waals surface area contributed by atoms with Gasteiger partial charge in [-0.3, -0.25) is 0 Å². The van der Waals surface area contributed by atoms with Gasteiger partial charge in [0.2, 0.25) is 0 Å². The molecule has 0 unspecified atom stereocenters. The van der Waals surface area contributed by atoms with Crippen molar-refractivity contribution in [2.45, 2.75) is 19.3 Å². The zero-order valence-corrected chi connectivity index (χ0v) is 9.35. The van der Waals surface area contributed by atoms with Crippen molar-refractivity contribution in [1.29, 1.82) is 0 Å². The molecule has 0 amide bonds. The third-order valence-corrected chi connectivity index (χ3v) is 2.60. The lowest BCUT2D eigenvalue weighted by Crippen LogP contribution is -1.99. The summed E-state index contributed by atoms with van der Waals surface area (Å²) in [7, 11) is 0. The predicted octanol–water partition coefficient (Wildman–Crippen LogP) is 2.58. The van der Waals surface area contributed by atoms with Gasteiger partial charge in [0.15, 0.2) is 11.6 Å². The molecule has 0 heterocycles. The van der Waals surface area contributed by atoms with Crippen LogP contribution in [0.15, 0.2) is 16.6 Å². The van der Waals surface area contributed by atoms with Gasteiger partial charge in [0.25, 0.3) is 0 Å². The van der Waals surface area contributed by atoms with Crippen molar-refractivity contribution in [3.63, 3.8) is 0 Å². The maximum Gasteiger partial charge on any atom is 0.166 e. The molecule has 4 heteroatoms. The van der Waals surface area contributed by atoms with Crippen molar-refractivity contribution < 1.29 is 9.50 Å². The van der Waals surface area contributed by atoms with E-state index in [0.29, 0.717) is 11.0 Å². The topological polar surface area (TPSA) is 46.2 Å². The summed E-state index contributed by atoms with van der Waals surface area (Å²) in [5, 5.41) is 9.16. The minimum absolute atomic E-state index is 0.326. The third-order valence-electron chi connectivity index (χ3n) is 2.00. The lowest BCUT2D eigenvalue weighted by molar-refractivity contribution is 0.428. The first kappa shape index (κ1) is 11.5. The summed E-state index contributed by atoms with van der Waals surface area (Å²) in [6.45, 7) is 0.654. The Hall–Kier alpha value is -0.610. The SMILES string of the molecule is NCCCCc1cc(F)c(O)c(Br)c1. The van der Waals surface area contributed by atoms with Gasteiger partial charge in [-0.05, 0) is 59.4 Å². The Kier molecular flexibility index (Phi) is 4.35. The summed E-state index contributed by atoms with van der Waals surface area (Å²) in [6, 6.07) is 3.09. The molecule has 0 fully saturated rings. The molecular weight excluding hydrogens is 249 g/mol. The number of halogens is 2. The fourth-order valence-electron chi connectivity index (χ4n) is 1.24. The Balaban J connectivity index is 2.69. The van der Waals surface area contributed by atoms with E-state index in [1.165, 1.54) is 6.07 Å². The zero-order valence-electron chi connectivity index (χ0n) is 7.76.